The minimum absolute atomic E-state index is 0.248. The first-order valence-corrected chi connectivity index (χ1v) is 4.93. The van der Waals surface area contributed by atoms with E-state index in [0.29, 0.717) is 5.65 Å². The molecule has 0 fully saturated rings. The van der Waals surface area contributed by atoms with Crippen molar-refractivity contribution in [1.82, 2.24) is 15.0 Å². The van der Waals surface area contributed by atoms with Crippen molar-refractivity contribution in [1.29, 1.82) is 0 Å². The molecule has 16 heavy (non-hydrogen) atoms. The fraction of sp³-hybridized carbons (Fsp3) is 0. The van der Waals surface area contributed by atoms with E-state index in [2.05, 4.69) is 15.0 Å². The summed E-state index contributed by atoms with van der Waals surface area (Å²) in [6.07, 6.45) is 1.71. The van der Waals surface area contributed by atoms with E-state index < -0.39 is 0 Å². The van der Waals surface area contributed by atoms with Crippen LogP contribution in [-0.4, -0.2) is 20.1 Å². The van der Waals surface area contributed by atoms with Gasteiger partial charge in [-0.3, -0.25) is 0 Å². The largest absolute Gasteiger partial charge is 0.508 e. The molecule has 2 heterocycles. The molecule has 3 aromatic rings. The number of fused-ring (bicyclic) bond motifs is 1. The van der Waals surface area contributed by atoms with E-state index in [-0.39, 0.29) is 5.75 Å². The molecular weight excluding hydrogens is 202 g/mol. The number of aromatic amines is 1. The average Bonchev–Trinajstić information content (AvgIpc) is 2.73. The Morgan fingerprint density at radius 2 is 1.88 bits per heavy atom. The number of hydrogen-bond acceptors (Lipinski definition) is 3. The second-order valence-corrected chi connectivity index (χ2v) is 3.51. The van der Waals surface area contributed by atoms with Crippen LogP contribution < -0.4 is 0 Å². The first kappa shape index (κ1) is 8.91. The van der Waals surface area contributed by atoms with Gasteiger partial charge in [0.1, 0.15) is 11.6 Å². The molecule has 3 rings (SSSR count). The van der Waals surface area contributed by atoms with Gasteiger partial charge in [0.15, 0.2) is 5.65 Å². The number of imidazole rings is 1. The Kier molecular flexibility index (Phi) is 1.86. The van der Waals surface area contributed by atoms with E-state index >= 15 is 0 Å². The Hall–Kier alpha value is -2.36. The maximum atomic E-state index is 9.20. The summed E-state index contributed by atoms with van der Waals surface area (Å²) in [5.74, 6) is 1.01. The third kappa shape index (κ3) is 1.40. The summed E-state index contributed by atoms with van der Waals surface area (Å²) in [4.78, 5) is 11.7. The molecule has 0 spiro atoms. The maximum Gasteiger partial charge on any atom is 0.178 e. The molecule has 0 bridgehead atoms. The first-order chi connectivity index (χ1) is 7.83. The molecule has 0 atom stereocenters. The van der Waals surface area contributed by atoms with Crippen LogP contribution in [0, 0.1) is 0 Å². The van der Waals surface area contributed by atoms with Crippen LogP contribution >= 0.6 is 0 Å². The fourth-order valence-electron chi connectivity index (χ4n) is 1.60. The summed E-state index contributed by atoms with van der Waals surface area (Å²) in [7, 11) is 0. The fourth-order valence-corrected chi connectivity index (χ4v) is 1.60. The predicted octanol–water partition coefficient (Wildman–Crippen LogP) is 2.33. The molecule has 0 radical (unpaired) electrons. The monoisotopic (exact) mass is 211 g/mol. The van der Waals surface area contributed by atoms with Gasteiger partial charge in [0.2, 0.25) is 0 Å². The molecule has 0 aliphatic rings. The highest BCUT2D eigenvalue weighted by Crippen LogP contribution is 2.21. The summed E-state index contributed by atoms with van der Waals surface area (Å²) < 4.78 is 0. The topological polar surface area (TPSA) is 61.8 Å². The summed E-state index contributed by atoms with van der Waals surface area (Å²) in [5.41, 5.74) is 2.53. The van der Waals surface area contributed by atoms with Crippen LogP contribution in [-0.2, 0) is 0 Å². The van der Waals surface area contributed by atoms with Gasteiger partial charge in [0, 0.05) is 11.8 Å². The van der Waals surface area contributed by atoms with Gasteiger partial charge in [-0.2, -0.15) is 0 Å². The lowest BCUT2D eigenvalue weighted by atomic mass is 10.2. The van der Waals surface area contributed by atoms with Gasteiger partial charge in [-0.15, -0.1) is 0 Å². The van der Waals surface area contributed by atoms with Crippen molar-refractivity contribution in [2.75, 3.05) is 0 Å². The third-order valence-corrected chi connectivity index (χ3v) is 2.40. The minimum Gasteiger partial charge on any atom is -0.508 e. The van der Waals surface area contributed by atoms with Crippen LogP contribution in [0.15, 0.2) is 42.6 Å². The summed E-state index contributed by atoms with van der Waals surface area (Å²) in [6, 6.07) is 10.7. The standard InChI is InChI=1S/C12H9N3O/c16-9-5-3-8(4-6-9)11-14-10-2-1-7-13-12(10)15-11/h1-7,16H,(H,13,14,15). The molecule has 0 aliphatic heterocycles. The number of pyridine rings is 1. The number of phenols is 1. The highest BCUT2D eigenvalue weighted by atomic mass is 16.3. The number of aromatic nitrogens is 3. The van der Waals surface area contributed by atoms with E-state index in [9.17, 15) is 5.11 Å². The lowest BCUT2D eigenvalue weighted by Crippen LogP contribution is -1.78. The van der Waals surface area contributed by atoms with Gasteiger partial charge in [-0.1, -0.05) is 0 Å². The zero-order chi connectivity index (χ0) is 11.0. The van der Waals surface area contributed by atoms with E-state index in [0.717, 1.165) is 16.9 Å². The Labute approximate surface area is 91.6 Å². The van der Waals surface area contributed by atoms with Crippen molar-refractivity contribution < 1.29 is 5.11 Å². The lowest BCUT2D eigenvalue weighted by Gasteiger charge is -1.95. The van der Waals surface area contributed by atoms with Gasteiger partial charge < -0.3 is 10.1 Å². The van der Waals surface area contributed by atoms with Crippen LogP contribution in [0.25, 0.3) is 22.6 Å². The Bertz CT molecular complexity index is 595. The molecule has 0 saturated heterocycles. The van der Waals surface area contributed by atoms with Crippen LogP contribution in [0.2, 0.25) is 0 Å². The second-order valence-electron chi connectivity index (χ2n) is 3.51. The molecule has 0 unspecified atom stereocenters. The molecule has 0 saturated carbocycles. The summed E-state index contributed by atoms with van der Waals surface area (Å²) >= 11 is 0. The Morgan fingerprint density at radius 1 is 1.06 bits per heavy atom. The Morgan fingerprint density at radius 3 is 2.62 bits per heavy atom. The van der Waals surface area contributed by atoms with Crippen molar-refractivity contribution in [2.24, 2.45) is 0 Å². The SMILES string of the molecule is Oc1ccc(-c2nc3ncccc3[nH]2)cc1. The minimum atomic E-state index is 0.248. The van der Waals surface area contributed by atoms with E-state index in [1.54, 1.807) is 18.3 Å². The number of benzene rings is 1. The number of rotatable bonds is 1. The van der Waals surface area contributed by atoms with E-state index in [1.807, 2.05) is 24.3 Å². The number of hydrogen-bond donors (Lipinski definition) is 2. The van der Waals surface area contributed by atoms with Gasteiger partial charge in [-0.05, 0) is 36.4 Å². The lowest BCUT2D eigenvalue weighted by molar-refractivity contribution is 0.475. The highest BCUT2D eigenvalue weighted by Gasteiger charge is 2.04. The van der Waals surface area contributed by atoms with Crippen molar-refractivity contribution in [3.05, 3.63) is 42.6 Å². The summed E-state index contributed by atoms with van der Waals surface area (Å²) in [5, 5.41) is 9.20. The smallest absolute Gasteiger partial charge is 0.178 e. The Balaban J connectivity index is 2.15. The quantitative estimate of drug-likeness (QED) is 0.649. The molecular formula is C12H9N3O. The number of phenolic OH excluding ortho intramolecular Hbond substituents is 1. The van der Waals surface area contributed by atoms with Crippen LogP contribution in [0.4, 0.5) is 0 Å². The number of nitrogens with one attached hydrogen (secondary N) is 1. The van der Waals surface area contributed by atoms with E-state index in [4.69, 9.17) is 0 Å². The number of H-pyrrole nitrogens is 1. The van der Waals surface area contributed by atoms with Crippen LogP contribution in [0.1, 0.15) is 0 Å². The third-order valence-electron chi connectivity index (χ3n) is 2.40. The van der Waals surface area contributed by atoms with Crippen molar-refractivity contribution >= 4 is 11.2 Å². The molecule has 1 aromatic carbocycles. The van der Waals surface area contributed by atoms with Crippen LogP contribution in [0.3, 0.4) is 0 Å². The zero-order valence-electron chi connectivity index (χ0n) is 8.38. The van der Waals surface area contributed by atoms with Crippen molar-refractivity contribution in [2.45, 2.75) is 0 Å². The number of aromatic hydroxyl groups is 1. The molecule has 4 heteroatoms. The maximum absolute atomic E-state index is 9.20. The first-order valence-electron chi connectivity index (χ1n) is 4.93. The average molecular weight is 211 g/mol. The second kappa shape index (κ2) is 3.34. The normalized spacial score (nSPS) is 10.8. The molecule has 2 N–H and O–H groups in total. The van der Waals surface area contributed by atoms with E-state index in [1.165, 1.54) is 0 Å². The number of nitrogens with zero attached hydrogens (tertiary/aromatic N) is 2. The van der Waals surface area contributed by atoms with Crippen LogP contribution in [0.5, 0.6) is 5.75 Å². The van der Waals surface area contributed by atoms with Crippen molar-refractivity contribution in [3.8, 4) is 17.1 Å². The molecule has 2 aromatic heterocycles. The van der Waals surface area contributed by atoms with Gasteiger partial charge in [0.25, 0.3) is 0 Å². The molecule has 0 amide bonds. The predicted molar refractivity (Wildman–Crippen MR) is 61.0 cm³/mol. The summed E-state index contributed by atoms with van der Waals surface area (Å²) in [6.45, 7) is 0. The van der Waals surface area contributed by atoms with Gasteiger partial charge in [-0.25, -0.2) is 9.97 Å². The zero-order valence-corrected chi connectivity index (χ0v) is 8.38. The molecule has 0 aliphatic carbocycles. The van der Waals surface area contributed by atoms with Gasteiger partial charge >= 0.3 is 0 Å². The highest BCUT2D eigenvalue weighted by molar-refractivity contribution is 5.75. The molecule has 4 nitrogen and oxygen atoms in total. The molecule has 78 valence electrons. The van der Waals surface area contributed by atoms with Gasteiger partial charge in [0.05, 0.1) is 5.52 Å². The van der Waals surface area contributed by atoms with Crippen molar-refractivity contribution in [3.63, 3.8) is 0 Å².